The number of amides is 1. The molecule has 1 unspecified atom stereocenters. The van der Waals surface area contributed by atoms with Gasteiger partial charge in [-0.05, 0) is 55.5 Å². The highest BCUT2D eigenvalue weighted by molar-refractivity contribution is 8.01. The number of carbonyl (C=O) groups excluding carboxylic acids is 1. The molecule has 0 radical (unpaired) electrons. The van der Waals surface area contributed by atoms with Gasteiger partial charge >= 0.3 is 0 Å². The predicted molar refractivity (Wildman–Crippen MR) is 119 cm³/mol. The van der Waals surface area contributed by atoms with Gasteiger partial charge in [0.05, 0.1) is 10.4 Å². The van der Waals surface area contributed by atoms with Gasteiger partial charge in [0.15, 0.2) is 5.13 Å². The second-order valence-corrected chi connectivity index (χ2v) is 9.81. The number of carbonyl (C=O) groups is 1. The van der Waals surface area contributed by atoms with Gasteiger partial charge in [0.2, 0.25) is 0 Å². The Labute approximate surface area is 179 Å². The number of hydrogen-bond acceptors (Lipinski definition) is 6. The van der Waals surface area contributed by atoms with E-state index in [4.69, 9.17) is 0 Å². The van der Waals surface area contributed by atoms with Crippen LogP contribution in [0.4, 0.5) is 10.9 Å². The van der Waals surface area contributed by atoms with Crippen LogP contribution in [0.5, 0.6) is 0 Å². The molecular formula is C22H24N4OS2. The normalized spacial score (nSPS) is 16.6. The van der Waals surface area contributed by atoms with Crippen molar-refractivity contribution in [3.05, 3.63) is 59.9 Å². The molecule has 1 fully saturated rings. The summed E-state index contributed by atoms with van der Waals surface area (Å²) < 4.78 is 1.07. The minimum Gasteiger partial charge on any atom is -0.338 e. The molecule has 0 aliphatic carbocycles. The number of rotatable bonds is 5. The first-order valence-corrected chi connectivity index (χ1v) is 11.4. The molecule has 1 aliphatic rings. The maximum Gasteiger partial charge on any atom is 0.254 e. The zero-order valence-corrected chi connectivity index (χ0v) is 18.2. The molecule has 7 heteroatoms. The molecule has 29 heavy (non-hydrogen) atoms. The van der Waals surface area contributed by atoms with Gasteiger partial charge in [0, 0.05) is 29.7 Å². The number of anilines is 2. The van der Waals surface area contributed by atoms with Gasteiger partial charge in [-0.15, -0.1) is 0 Å². The van der Waals surface area contributed by atoms with Gasteiger partial charge in [0.25, 0.3) is 5.91 Å². The molecule has 0 bridgehead atoms. The van der Waals surface area contributed by atoms with E-state index < -0.39 is 0 Å². The molecule has 1 amide bonds. The van der Waals surface area contributed by atoms with E-state index in [1.54, 1.807) is 29.3 Å². The van der Waals surface area contributed by atoms with Crippen molar-refractivity contribution in [2.24, 2.45) is 5.92 Å². The maximum atomic E-state index is 13.1. The lowest BCUT2D eigenvalue weighted by molar-refractivity contribution is 0.0682. The summed E-state index contributed by atoms with van der Waals surface area (Å²) in [4.78, 5) is 24.8. The number of benzene rings is 1. The Hall–Kier alpha value is -2.38. The Balaban J connectivity index is 1.47. The SMILES string of the molecule is Cc1ccc(Sc2cnc(Nc3ccccn3)s2)cc1C(=O)N1CCCC(C)C1. The van der Waals surface area contributed by atoms with Crippen molar-refractivity contribution in [1.82, 2.24) is 14.9 Å². The van der Waals surface area contributed by atoms with Crippen LogP contribution in [0.2, 0.25) is 0 Å². The molecule has 2 aromatic heterocycles. The topological polar surface area (TPSA) is 58.1 Å². The maximum absolute atomic E-state index is 13.1. The molecule has 4 rings (SSSR count). The molecule has 3 heterocycles. The Morgan fingerprint density at radius 1 is 1.28 bits per heavy atom. The van der Waals surface area contributed by atoms with Crippen LogP contribution in [0.15, 0.2) is 57.9 Å². The Kier molecular flexibility index (Phi) is 6.16. The molecule has 1 aliphatic heterocycles. The molecular weight excluding hydrogens is 400 g/mol. The van der Waals surface area contributed by atoms with Crippen molar-refractivity contribution in [3.8, 4) is 0 Å². The number of aryl methyl sites for hydroxylation is 1. The van der Waals surface area contributed by atoms with E-state index in [1.807, 2.05) is 48.4 Å². The smallest absolute Gasteiger partial charge is 0.254 e. The van der Waals surface area contributed by atoms with Crippen LogP contribution in [0.3, 0.4) is 0 Å². The van der Waals surface area contributed by atoms with Crippen LogP contribution >= 0.6 is 23.1 Å². The fourth-order valence-electron chi connectivity index (χ4n) is 3.47. The van der Waals surface area contributed by atoms with Crippen molar-refractivity contribution in [2.45, 2.75) is 35.8 Å². The highest BCUT2D eigenvalue weighted by Gasteiger charge is 2.23. The van der Waals surface area contributed by atoms with Crippen molar-refractivity contribution in [1.29, 1.82) is 0 Å². The summed E-state index contributed by atoms with van der Waals surface area (Å²) in [7, 11) is 0. The fourth-order valence-corrected chi connectivity index (χ4v) is 5.37. The van der Waals surface area contributed by atoms with Crippen LogP contribution in [0, 0.1) is 12.8 Å². The summed E-state index contributed by atoms with van der Waals surface area (Å²) in [5.41, 5.74) is 1.83. The van der Waals surface area contributed by atoms with Gasteiger partial charge in [-0.25, -0.2) is 9.97 Å². The van der Waals surface area contributed by atoms with Crippen LogP contribution in [-0.2, 0) is 0 Å². The predicted octanol–water partition coefficient (Wildman–Crippen LogP) is 5.61. The fraction of sp³-hybridized carbons (Fsp3) is 0.318. The Morgan fingerprint density at radius 3 is 2.97 bits per heavy atom. The summed E-state index contributed by atoms with van der Waals surface area (Å²) in [6.45, 7) is 5.94. The van der Waals surface area contributed by atoms with Crippen LogP contribution in [0.25, 0.3) is 0 Å². The molecule has 0 saturated carbocycles. The van der Waals surface area contributed by atoms with E-state index in [2.05, 4.69) is 28.3 Å². The summed E-state index contributed by atoms with van der Waals surface area (Å²) in [6, 6.07) is 11.9. The van der Waals surface area contributed by atoms with E-state index >= 15 is 0 Å². The quantitative estimate of drug-likeness (QED) is 0.577. The average molecular weight is 425 g/mol. The lowest BCUT2D eigenvalue weighted by atomic mass is 9.99. The summed E-state index contributed by atoms with van der Waals surface area (Å²) in [6.07, 6.45) is 5.90. The first kappa shape index (κ1) is 19.9. The van der Waals surface area contributed by atoms with Crippen LogP contribution in [-0.4, -0.2) is 33.9 Å². The third kappa shape index (κ3) is 4.97. The van der Waals surface area contributed by atoms with E-state index in [0.717, 1.165) is 50.7 Å². The largest absolute Gasteiger partial charge is 0.338 e. The number of nitrogens with zero attached hydrogens (tertiary/aromatic N) is 3. The number of piperidine rings is 1. The highest BCUT2D eigenvalue weighted by Crippen LogP contribution is 2.35. The van der Waals surface area contributed by atoms with E-state index in [0.29, 0.717) is 5.92 Å². The minimum atomic E-state index is 0.151. The second-order valence-electron chi connectivity index (χ2n) is 7.40. The van der Waals surface area contributed by atoms with E-state index in [-0.39, 0.29) is 5.91 Å². The first-order chi connectivity index (χ1) is 14.1. The third-order valence-electron chi connectivity index (χ3n) is 4.99. The average Bonchev–Trinajstić information content (AvgIpc) is 3.16. The number of hydrogen-bond donors (Lipinski definition) is 1. The molecule has 0 spiro atoms. The van der Waals surface area contributed by atoms with Gasteiger partial charge in [-0.2, -0.15) is 0 Å². The van der Waals surface area contributed by atoms with Gasteiger partial charge in [-0.1, -0.05) is 42.2 Å². The van der Waals surface area contributed by atoms with Crippen molar-refractivity contribution >= 4 is 40.0 Å². The molecule has 5 nitrogen and oxygen atoms in total. The lowest BCUT2D eigenvalue weighted by Crippen LogP contribution is -2.39. The van der Waals surface area contributed by atoms with Gasteiger partial charge < -0.3 is 10.2 Å². The second kappa shape index (κ2) is 8.97. The lowest BCUT2D eigenvalue weighted by Gasteiger charge is -2.31. The van der Waals surface area contributed by atoms with Gasteiger partial charge in [0.1, 0.15) is 5.82 Å². The molecule has 1 saturated heterocycles. The number of thiazole rings is 1. The van der Waals surface area contributed by atoms with Crippen molar-refractivity contribution in [2.75, 3.05) is 18.4 Å². The molecule has 150 valence electrons. The zero-order valence-electron chi connectivity index (χ0n) is 16.6. The monoisotopic (exact) mass is 424 g/mol. The zero-order chi connectivity index (χ0) is 20.2. The van der Waals surface area contributed by atoms with E-state index in [9.17, 15) is 4.79 Å². The molecule has 1 atom stereocenters. The first-order valence-electron chi connectivity index (χ1n) is 9.80. The van der Waals surface area contributed by atoms with Crippen molar-refractivity contribution < 1.29 is 4.79 Å². The van der Waals surface area contributed by atoms with E-state index in [1.165, 1.54) is 6.42 Å². The summed E-state index contributed by atoms with van der Waals surface area (Å²) >= 11 is 3.21. The number of aromatic nitrogens is 2. The van der Waals surface area contributed by atoms with Crippen LogP contribution < -0.4 is 5.32 Å². The van der Waals surface area contributed by atoms with Gasteiger partial charge in [-0.3, -0.25) is 4.79 Å². The minimum absolute atomic E-state index is 0.151. The summed E-state index contributed by atoms with van der Waals surface area (Å²) in [5, 5.41) is 4.02. The Morgan fingerprint density at radius 2 is 2.17 bits per heavy atom. The number of pyridine rings is 1. The highest BCUT2D eigenvalue weighted by atomic mass is 32.2. The standard InChI is InChI=1S/C22H24N4OS2/c1-15-6-5-11-26(14-15)21(27)18-12-17(9-8-16(18)2)28-20-13-24-22(29-20)25-19-7-3-4-10-23-19/h3-4,7-10,12-13,15H,5-6,11,14H2,1-2H3,(H,23,24,25). The molecule has 1 N–H and O–H groups in total. The van der Waals surface area contributed by atoms with Crippen LogP contribution in [0.1, 0.15) is 35.7 Å². The van der Waals surface area contributed by atoms with Crippen molar-refractivity contribution in [3.63, 3.8) is 0 Å². The number of likely N-dealkylation sites (tertiary alicyclic amines) is 1. The third-order valence-corrected chi connectivity index (χ3v) is 6.99. The summed E-state index contributed by atoms with van der Waals surface area (Å²) in [5.74, 6) is 1.50. The number of nitrogens with one attached hydrogen (secondary N) is 1. The Bertz CT molecular complexity index is 989. The molecule has 1 aromatic carbocycles. The molecule has 3 aromatic rings.